The molecule has 1 aliphatic heterocycles. The van der Waals surface area contributed by atoms with Gasteiger partial charge in [-0.05, 0) is 13.0 Å². The summed E-state index contributed by atoms with van der Waals surface area (Å²) >= 11 is 1.65. The molecule has 1 aromatic heterocycles. The van der Waals surface area contributed by atoms with Crippen molar-refractivity contribution in [2.24, 2.45) is 0 Å². The van der Waals surface area contributed by atoms with Crippen LogP contribution in [-0.2, 0) is 16.4 Å². The molecule has 2 heterocycles. The van der Waals surface area contributed by atoms with Gasteiger partial charge >= 0.3 is 0 Å². The van der Waals surface area contributed by atoms with Crippen LogP contribution < -0.4 is 4.90 Å². The predicted molar refractivity (Wildman–Crippen MR) is 78.2 cm³/mol. The molecule has 0 saturated carbocycles. The second kappa shape index (κ2) is 5.68. The van der Waals surface area contributed by atoms with Crippen LogP contribution in [0.3, 0.4) is 0 Å². The maximum Gasteiger partial charge on any atom is 0.169 e. The van der Waals surface area contributed by atoms with E-state index in [1.165, 1.54) is 6.26 Å². The molecule has 0 bridgehead atoms. The molecule has 19 heavy (non-hydrogen) atoms. The Morgan fingerprint density at radius 1 is 1.58 bits per heavy atom. The molecule has 1 saturated heterocycles. The van der Waals surface area contributed by atoms with Crippen LogP contribution in [0, 0.1) is 6.92 Å². The lowest BCUT2D eigenvalue weighted by molar-refractivity contribution is 0.281. The smallest absolute Gasteiger partial charge is 0.169 e. The van der Waals surface area contributed by atoms with Crippen molar-refractivity contribution in [1.29, 1.82) is 0 Å². The van der Waals surface area contributed by atoms with Crippen molar-refractivity contribution in [2.45, 2.75) is 18.9 Å². The molecule has 5 nitrogen and oxygen atoms in total. The highest BCUT2D eigenvalue weighted by Gasteiger charge is 2.32. The molecule has 1 atom stereocenters. The Kier molecular flexibility index (Phi) is 4.37. The minimum Gasteiger partial charge on any atom is -0.392 e. The molecule has 2 rings (SSSR count). The molecule has 1 aromatic rings. The van der Waals surface area contributed by atoms with Crippen LogP contribution in [0.2, 0.25) is 0 Å². The molecule has 0 aromatic carbocycles. The summed E-state index contributed by atoms with van der Waals surface area (Å²) in [5, 5.41) is 8.88. The summed E-state index contributed by atoms with van der Waals surface area (Å²) in [6, 6.07) is 1.85. The van der Waals surface area contributed by atoms with E-state index in [4.69, 9.17) is 0 Å². The molecule has 7 heteroatoms. The van der Waals surface area contributed by atoms with Crippen LogP contribution in [0.5, 0.6) is 0 Å². The van der Waals surface area contributed by atoms with Gasteiger partial charge in [-0.2, -0.15) is 11.8 Å². The summed E-state index contributed by atoms with van der Waals surface area (Å²) in [5.74, 6) is 1.45. The Morgan fingerprint density at radius 2 is 2.32 bits per heavy atom. The third-order valence-electron chi connectivity index (χ3n) is 3.16. The lowest BCUT2D eigenvalue weighted by Gasteiger charge is -2.36. The van der Waals surface area contributed by atoms with Crippen molar-refractivity contribution in [3.63, 3.8) is 0 Å². The zero-order chi connectivity index (χ0) is 14.0. The highest BCUT2D eigenvalue weighted by molar-refractivity contribution is 8.01. The number of sulfone groups is 1. The Balaban J connectivity index is 2.45. The van der Waals surface area contributed by atoms with Gasteiger partial charge in [0.1, 0.15) is 5.37 Å². The average molecular weight is 302 g/mol. The second-order valence-corrected chi connectivity index (χ2v) is 8.02. The molecule has 1 unspecified atom stereocenters. The highest BCUT2D eigenvalue weighted by Crippen LogP contribution is 2.29. The normalized spacial score (nSPS) is 20.6. The SMILES string of the molecule is Cc1cc(N2CCSCC2S(C)(=O)=O)c(CO)cn1. The molecule has 106 valence electrons. The fourth-order valence-electron chi connectivity index (χ4n) is 2.17. The number of hydrogen-bond acceptors (Lipinski definition) is 6. The quantitative estimate of drug-likeness (QED) is 0.891. The Bertz CT molecular complexity index is 560. The monoisotopic (exact) mass is 302 g/mol. The average Bonchev–Trinajstić information content (AvgIpc) is 2.37. The summed E-state index contributed by atoms with van der Waals surface area (Å²) in [7, 11) is -3.16. The first kappa shape index (κ1) is 14.6. The van der Waals surface area contributed by atoms with Crippen LogP contribution in [0.25, 0.3) is 0 Å². The van der Waals surface area contributed by atoms with E-state index in [1.54, 1.807) is 18.0 Å². The number of aliphatic hydroxyl groups is 1. The van der Waals surface area contributed by atoms with Crippen LogP contribution >= 0.6 is 11.8 Å². The molecule has 0 radical (unpaired) electrons. The number of aryl methyl sites for hydroxylation is 1. The highest BCUT2D eigenvalue weighted by atomic mass is 32.2. The largest absolute Gasteiger partial charge is 0.392 e. The van der Waals surface area contributed by atoms with Crippen molar-refractivity contribution >= 4 is 27.3 Å². The number of aromatic nitrogens is 1. The number of rotatable bonds is 3. The minimum atomic E-state index is -3.16. The minimum absolute atomic E-state index is 0.136. The van der Waals surface area contributed by atoms with E-state index >= 15 is 0 Å². The molecular formula is C12H18N2O3S2. The number of nitrogens with zero attached hydrogens (tertiary/aromatic N) is 2. The summed E-state index contributed by atoms with van der Waals surface area (Å²) in [6.45, 7) is 2.39. The molecule has 1 N–H and O–H groups in total. The van der Waals surface area contributed by atoms with Gasteiger partial charge in [0.2, 0.25) is 0 Å². The number of anilines is 1. The molecule has 0 amide bonds. The summed E-state index contributed by atoms with van der Waals surface area (Å²) < 4.78 is 23.8. The van der Waals surface area contributed by atoms with Crippen molar-refractivity contribution in [2.75, 3.05) is 29.2 Å². The van der Waals surface area contributed by atoms with Crippen molar-refractivity contribution in [3.05, 3.63) is 23.5 Å². The summed E-state index contributed by atoms with van der Waals surface area (Å²) in [6.07, 6.45) is 2.88. The first-order chi connectivity index (χ1) is 8.93. The van der Waals surface area contributed by atoms with Crippen molar-refractivity contribution in [3.8, 4) is 0 Å². The van der Waals surface area contributed by atoms with E-state index in [-0.39, 0.29) is 6.61 Å². The van der Waals surface area contributed by atoms with E-state index in [9.17, 15) is 13.5 Å². The van der Waals surface area contributed by atoms with Crippen LogP contribution in [0.4, 0.5) is 5.69 Å². The van der Waals surface area contributed by atoms with Crippen LogP contribution in [-0.4, -0.2) is 48.2 Å². The van der Waals surface area contributed by atoms with E-state index in [2.05, 4.69) is 4.98 Å². The number of thioether (sulfide) groups is 1. The first-order valence-electron chi connectivity index (χ1n) is 6.03. The van der Waals surface area contributed by atoms with Gasteiger partial charge in [-0.25, -0.2) is 8.42 Å². The van der Waals surface area contributed by atoms with Crippen LogP contribution in [0.1, 0.15) is 11.3 Å². The third-order valence-corrected chi connectivity index (χ3v) is 5.80. The van der Waals surface area contributed by atoms with Crippen molar-refractivity contribution in [1.82, 2.24) is 4.98 Å². The number of pyridine rings is 1. The van der Waals surface area contributed by atoms with E-state index in [0.717, 1.165) is 17.1 Å². The first-order valence-corrected chi connectivity index (χ1v) is 9.14. The Morgan fingerprint density at radius 3 is 2.95 bits per heavy atom. The Hall–Kier alpha value is -0.790. The summed E-state index contributed by atoms with van der Waals surface area (Å²) in [4.78, 5) is 6.03. The van der Waals surface area contributed by atoms with E-state index in [1.807, 2.05) is 17.9 Å². The molecule has 0 aliphatic carbocycles. The number of hydrogen-bond donors (Lipinski definition) is 1. The lowest BCUT2D eigenvalue weighted by Crippen LogP contribution is -2.47. The Labute approximate surface area is 118 Å². The van der Waals surface area contributed by atoms with Gasteiger partial charge in [0.05, 0.1) is 6.61 Å². The van der Waals surface area contributed by atoms with Crippen LogP contribution in [0.15, 0.2) is 12.3 Å². The molecule has 1 fully saturated rings. The standard InChI is InChI=1S/C12H18N2O3S2/c1-9-5-11(10(7-15)6-13-9)14-3-4-18-8-12(14)19(2,16)17/h5-6,12,15H,3-4,7-8H2,1-2H3. The fraction of sp³-hybridized carbons (Fsp3) is 0.583. The molecular weight excluding hydrogens is 284 g/mol. The molecule has 1 aliphatic rings. The van der Waals surface area contributed by atoms with Gasteiger partial charge in [0, 0.05) is 47.4 Å². The van der Waals surface area contributed by atoms with Gasteiger partial charge in [0.25, 0.3) is 0 Å². The molecule has 0 spiro atoms. The van der Waals surface area contributed by atoms with Gasteiger partial charge < -0.3 is 10.0 Å². The predicted octanol–water partition coefficient (Wildman–Crippen LogP) is 0.806. The maximum absolute atomic E-state index is 11.9. The van der Waals surface area contributed by atoms with Gasteiger partial charge in [-0.15, -0.1) is 0 Å². The summed E-state index contributed by atoms with van der Waals surface area (Å²) in [5.41, 5.74) is 2.27. The van der Waals surface area contributed by atoms with Crippen molar-refractivity contribution < 1.29 is 13.5 Å². The third kappa shape index (κ3) is 3.21. The van der Waals surface area contributed by atoms with Gasteiger partial charge in [-0.1, -0.05) is 0 Å². The van der Waals surface area contributed by atoms with E-state index < -0.39 is 15.2 Å². The lowest BCUT2D eigenvalue weighted by atomic mass is 10.2. The zero-order valence-electron chi connectivity index (χ0n) is 11.0. The number of aliphatic hydroxyl groups excluding tert-OH is 1. The van der Waals surface area contributed by atoms with Gasteiger partial charge in [0.15, 0.2) is 9.84 Å². The maximum atomic E-state index is 11.9. The fourth-order valence-corrected chi connectivity index (χ4v) is 5.01. The second-order valence-electron chi connectivity index (χ2n) is 4.66. The van der Waals surface area contributed by atoms with E-state index in [0.29, 0.717) is 17.9 Å². The zero-order valence-corrected chi connectivity index (χ0v) is 12.7. The van der Waals surface area contributed by atoms with Gasteiger partial charge in [-0.3, -0.25) is 4.98 Å². The topological polar surface area (TPSA) is 70.5 Å².